The summed E-state index contributed by atoms with van der Waals surface area (Å²) < 4.78 is 18.6. The third-order valence-corrected chi connectivity index (χ3v) is 3.75. The highest BCUT2D eigenvalue weighted by Gasteiger charge is 2.16. The molecular weight excluding hydrogens is 340 g/mol. The second kappa shape index (κ2) is 5.77. The molecule has 0 aliphatic carbocycles. The number of halogens is 1. The minimum Gasteiger partial charge on any atom is -0.486 e. The average molecular weight is 353 g/mol. The van der Waals surface area contributed by atoms with Crippen LogP contribution in [0.4, 0.5) is 0 Å². The summed E-state index contributed by atoms with van der Waals surface area (Å²) >= 11 is 3.44. The van der Waals surface area contributed by atoms with Gasteiger partial charge in [-0.15, -0.1) is 0 Å². The van der Waals surface area contributed by atoms with Gasteiger partial charge in [0, 0.05) is 23.3 Å². The van der Waals surface area contributed by atoms with Gasteiger partial charge in [0.15, 0.2) is 11.5 Å². The van der Waals surface area contributed by atoms with Crippen LogP contribution in [0.1, 0.15) is 15.9 Å². The van der Waals surface area contributed by atoms with E-state index in [0.717, 1.165) is 10.0 Å². The quantitative estimate of drug-likeness (QED) is 0.793. The molecule has 0 radical (unpaired) electrons. The molecule has 21 heavy (non-hydrogen) atoms. The summed E-state index contributed by atoms with van der Waals surface area (Å²) in [5.41, 5.74) is 1.24. The zero-order valence-corrected chi connectivity index (χ0v) is 12.9. The van der Waals surface area contributed by atoms with Gasteiger partial charge in [0.05, 0.1) is 11.8 Å². The number of carbonyl (C=O) groups is 1. The molecule has 0 unspecified atom stereocenters. The Bertz CT molecular complexity index is 684. The van der Waals surface area contributed by atoms with Crippen molar-refractivity contribution >= 4 is 21.9 Å². The number of aryl methyl sites for hydroxylation is 1. The second-order valence-corrected chi connectivity index (χ2v) is 5.42. The van der Waals surface area contributed by atoms with Crippen molar-refractivity contribution < 1.29 is 19.0 Å². The third kappa shape index (κ3) is 3.02. The van der Waals surface area contributed by atoms with Gasteiger partial charge in [-0.25, -0.2) is 4.79 Å². The Labute approximate surface area is 129 Å². The van der Waals surface area contributed by atoms with Gasteiger partial charge < -0.3 is 14.2 Å². The lowest BCUT2D eigenvalue weighted by Crippen LogP contribution is -2.15. The Morgan fingerprint density at radius 1 is 1.38 bits per heavy atom. The van der Waals surface area contributed by atoms with Crippen LogP contribution in [0.25, 0.3) is 0 Å². The van der Waals surface area contributed by atoms with E-state index in [1.807, 2.05) is 12.1 Å². The Kier molecular flexibility index (Phi) is 3.83. The maximum Gasteiger partial charge on any atom is 0.341 e. The van der Waals surface area contributed by atoms with E-state index in [-0.39, 0.29) is 6.61 Å². The summed E-state index contributed by atoms with van der Waals surface area (Å²) in [6.07, 6.45) is 3.09. The van der Waals surface area contributed by atoms with Gasteiger partial charge in [0.2, 0.25) is 0 Å². The molecule has 0 saturated heterocycles. The Balaban J connectivity index is 1.71. The van der Waals surface area contributed by atoms with Gasteiger partial charge in [-0.2, -0.15) is 5.10 Å². The first-order valence-corrected chi connectivity index (χ1v) is 7.16. The molecule has 0 N–H and O–H groups in total. The lowest BCUT2D eigenvalue weighted by atomic mass is 10.2. The van der Waals surface area contributed by atoms with Crippen LogP contribution in [0.5, 0.6) is 11.5 Å². The van der Waals surface area contributed by atoms with Crippen molar-refractivity contribution in [1.82, 2.24) is 9.78 Å². The van der Waals surface area contributed by atoms with Crippen molar-refractivity contribution in [2.24, 2.45) is 7.05 Å². The highest BCUT2D eigenvalue weighted by molar-refractivity contribution is 9.10. The molecule has 0 bridgehead atoms. The zero-order chi connectivity index (χ0) is 14.8. The molecule has 0 saturated carbocycles. The van der Waals surface area contributed by atoms with Crippen molar-refractivity contribution in [3.8, 4) is 11.5 Å². The molecule has 110 valence electrons. The molecule has 7 heteroatoms. The normalized spacial score (nSPS) is 13.0. The number of aromatic nitrogens is 2. The fourth-order valence-electron chi connectivity index (χ4n) is 1.97. The Morgan fingerprint density at radius 3 is 2.76 bits per heavy atom. The topological polar surface area (TPSA) is 62.6 Å². The maximum atomic E-state index is 11.9. The zero-order valence-electron chi connectivity index (χ0n) is 11.3. The first-order valence-electron chi connectivity index (χ1n) is 6.37. The monoisotopic (exact) mass is 352 g/mol. The summed E-state index contributed by atoms with van der Waals surface area (Å²) in [6.45, 7) is 1.20. The smallest absolute Gasteiger partial charge is 0.341 e. The van der Waals surface area contributed by atoms with Crippen LogP contribution in [0.2, 0.25) is 0 Å². The predicted molar refractivity (Wildman–Crippen MR) is 77.5 cm³/mol. The minimum absolute atomic E-state index is 0.144. The van der Waals surface area contributed by atoms with Crippen LogP contribution in [-0.4, -0.2) is 29.0 Å². The number of carbonyl (C=O) groups excluding carboxylic acids is 1. The average Bonchev–Trinajstić information content (AvgIpc) is 2.91. The van der Waals surface area contributed by atoms with Crippen molar-refractivity contribution in [1.29, 1.82) is 0 Å². The summed E-state index contributed by atoms with van der Waals surface area (Å²) in [4.78, 5) is 11.9. The summed E-state index contributed by atoms with van der Waals surface area (Å²) in [5.74, 6) is 0.942. The lowest BCUT2D eigenvalue weighted by molar-refractivity contribution is 0.0471. The van der Waals surface area contributed by atoms with E-state index >= 15 is 0 Å². The van der Waals surface area contributed by atoms with E-state index in [9.17, 15) is 4.79 Å². The Hall–Kier alpha value is -2.02. The first kappa shape index (κ1) is 13.9. The second-order valence-electron chi connectivity index (χ2n) is 4.57. The Morgan fingerprint density at radius 2 is 2.10 bits per heavy atom. The summed E-state index contributed by atoms with van der Waals surface area (Å²) in [6, 6.07) is 3.64. The first-order chi connectivity index (χ1) is 10.1. The largest absolute Gasteiger partial charge is 0.486 e. The third-order valence-electron chi connectivity index (χ3n) is 3.01. The maximum absolute atomic E-state index is 11.9. The minimum atomic E-state index is -0.412. The van der Waals surface area contributed by atoms with E-state index in [4.69, 9.17) is 14.2 Å². The molecule has 6 nitrogen and oxygen atoms in total. The lowest BCUT2D eigenvalue weighted by Gasteiger charge is -2.19. The van der Waals surface area contributed by atoms with Crippen LogP contribution in [-0.2, 0) is 18.4 Å². The number of esters is 1. The van der Waals surface area contributed by atoms with Crippen LogP contribution >= 0.6 is 15.9 Å². The van der Waals surface area contributed by atoms with Crippen LogP contribution in [0, 0.1) is 0 Å². The number of fused-ring (bicyclic) bond motifs is 1. The van der Waals surface area contributed by atoms with E-state index in [1.54, 1.807) is 17.9 Å². The van der Waals surface area contributed by atoms with E-state index in [0.29, 0.717) is 30.3 Å². The van der Waals surface area contributed by atoms with Crippen molar-refractivity contribution in [2.45, 2.75) is 6.61 Å². The SMILES string of the molecule is Cn1cc(C(=O)OCc2cc3c(cc2Br)OCCO3)cn1. The molecule has 0 fully saturated rings. The molecule has 0 spiro atoms. The van der Waals surface area contributed by atoms with E-state index < -0.39 is 5.97 Å². The molecule has 3 rings (SSSR count). The molecule has 2 heterocycles. The van der Waals surface area contributed by atoms with E-state index in [2.05, 4.69) is 21.0 Å². The number of ether oxygens (including phenoxy) is 3. The number of hydrogen-bond donors (Lipinski definition) is 0. The van der Waals surface area contributed by atoms with Gasteiger partial charge >= 0.3 is 5.97 Å². The van der Waals surface area contributed by atoms with Crippen molar-refractivity contribution in [3.05, 3.63) is 40.1 Å². The molecule has 1 aliphatic heterocycles. The van der Waals surface area contributed by atoms with Crippen molar-refractivity contribution in [3.63, 3.8) is 0 Å². The number of hydrogen-bond acceptors (Lipinski definition) is 5. The number of nitrogens with zero attached hydrogens (tertiary/aromatic N) is 2. The fourth-order valence-corrected chi connectivity index (χ4v) is 2.41. The fraction of sp³-hybridized carbons (Fsp3) is 0.286. The molecule has 0 amide bonds. The van der Waals surface area contributed by atoms with Gasteiger partial charge in [-0.1, -0.05) is 15.9 Å². The number of rotatable bonds is 3. The molecule has 1 aliphatic rings. The molecule has 2 aromatic rings. The molecule has 1 aromatic heterocycles. The van der Waals surface area contributed by atoms with Gasteiger partial charge in [-0.3, -0.25) is 4.68 Å². The van der Waals surface area contributed by atoms with Crippen LogP contribution in [0.15, 0.2) is 29.0 Å². The van der Waals surface area contributed by atoms with Gasteiger partial charge in [0.25, 0.3) is 0 Å². The van der Waals surface area contributed by atoms with Gasteiger partial charge in [0.1, 0.15) is 19.8 Å². The molecule has 1 aromatic carbocycles. The molecular formula is C14H13BrN2O4. The number of benzene rings is 1. The van der Waals surface area contributed by atoms with Gasteiger partial charge in [-0.05, 0) is 12.1 Å². The summed E-state index contributed by atoms with van der Waals surface area (Å²) in [7, 11) is 1.74. The summed E-state index contributed by atoms with van der Waals surface area (Å²) in [5, 5.41) is 3.94. The highest BCUT2D eigenvalue weighted by Crippen LogP contribution is 2.35. The molecule has 0 atom stereocenters. The van der Waals surface area contributed by atoms with Crippen LogP contribution in [0.3, 0.4) is 0 Å². The van der Waals surface area contributed by atoms with E-state index in [1.165, 1.54) is 6.20 Å². The predicted octanol–water partition coefficient (Wildman–Crippen LogP) is 2.31. The van der Waals surface area contributed by atoms with Crippen LogP contribution < -0.4 is 9.47 Å². The van der Waals surface area contributed by atoms with Crippen molar-refractivity contribution in [2.75, 3.05) is 13.2 Å². The standard InChI is InChI=1S/C14H13BrN2O4/c1-17-7-10(6-16-17)14(18)21-8-9-4-12-13(5-11(9)15)20-3-2-19-12/h4-7H,2-3,8H2,1H3. The highest BCUT2D eigenvalue weighted by atomic mass is 79.9.